The lowest BCUT2D eigenvalue weighted by atomic mass is 10.1. The third kappa shape index (κ3) is 4.02. The van der Waals surface area contributed by atoms with Crippen LogP contribution in [0.15, 0.2) is 0 Å². The minimum atomic E-state index is -1.09. The fourth-order valence-electron chi connectivity index (χ4n) is 1.57. The van der Waals surface area contributed by atoms with Crippen molar-refractivity contribution in [3.63, 3.8) is 0 Å². The summed E-state index contributed by atoms with van der Waals surface area (Å²) in [5.74, 6) is -1.67. The molecule has 0 unspecified atom stereocenters. The Kier molecular flexibility index (Phi) is 5.20. The van der Waals surface area contributed by atoms with Crippen LogP contribution < -0.4 is 11.1 Å². The third-order valence-electron chi connectivity index (χ3n) is 2.43. The number of amides is 3. The van der Waals surface area contributed by atoms with Gasteiger partial charge in [0.25, 0.3) is 5.91 Å². The largest absolute Gasteiger partial charge is 0.448 e. The number of primary amides is 1. The molecular weight excluding hydrogens is 282 g/mol. The Labute approximate surface area is 120 Å². The standard InChI is InChI=1S/C12H17N3O4S/c1-5(2)8(10(16)15-12(13)18)19-11(17)9-6(3)14-7(4)20-9/h5,8H,1-4H3,(H3,13,15,16,18)/t8-/m1/s1. The summed E-state index contributed by atoms with van der Waals surface area (Å²) in [5.41, 5.74) is 5.43. The van der Waals surface area contributed by atoms with Gasteiger partial charge < -0.3 is 10.5 Å². The quantitative estimate of drug-likeness (QED) is 0.810. The first kappa shape index (κ1) is 16.1. The summed E-state index contributed by atoms with van der Waals surface area (Å²) in [5, 5.41) is 2.64. The lowest BCUT2D eigenvalue weighted by Gasteiger charge is -2.19. The molecule has 20 heavy (non-hydrogen) atoms. The van der Waals surface area contributed by atoms with Crippen LogP contribution in [0.4, 0.5) is 4.79 Å². The fraction of sp³-hybridized carbons (Fsp3) is 0.500. The number of aromatic nitrogens is 1. The van der Waals surface area contributed by atoms with Crippen molar-refractivity contribution in [2.24, 2.45) is 11.7 Å². The number of urea groups is 1. The molecule has 1 rings (SSSR count). The Hall–Kier alpha value is -1.96. The van der Waals surface area contributed by atoms with Crippen LogP contribution in [0.1, 0.15) is 34.2 Å². The second-order valence-electron chi connectivity index (χ2n) is 4.57. The maximum absolute atomic E-state index is 12.0. The van der Waals surface area contributed by atoms with E-state index in [2.05, 4.69) is 4.98 Å². The van der Waals surface area contributed by atoms with Gasteiger partial charge in [0, 0.05) is 0 Å². The SMILES string of the molecule is Cc1nc(C)c(C(=O)O[C@@H](C(=O)NC(N)=O)C(C)C)s1. The summed E-state index contributed by atoms with van der Waals surface area (Å²) in [6.45, 7) is 6.86. The zero-order valence-corrected chi connectivity index (χ0v) is 12.5. The van der Waals surface area contributed by atoms with Crippen LogP contribution in [0.2, 0.25) is 0 Å². The van der Waals surface area contributed by atoms with Crippen LogP contribution in [0.5, 0.6) is 0 Å². The maximum atomic E-state index is 12.0. The molecule has 0 aliphatic rings. The number of carbonyl (C=O) groups is 3. The van der Waals surface area contributed by atoms with Crippen molar-refractivity contribution in [3.8, 4) is 0 Å². The smallest absolute Gasteiger partial charge is 0.351 e. The zero-order chi connectivity index (χ0) is 15.4. The molecule has 0 aliphatic heterocycles. The van der Waals surface area contributed by atoms with Gasteiger partial charge in [0.05, 0.1) is 10.7 Å². The monoisotopic (exact) mass is 299 g/mol. The van der Waals surface area contributed by atoms with Crippen molar-refractivity contribution in [3.05, 3.63) is 15.6 Å². The first-order valence-corrected chi connectivity index (χ1v) is 6.79. The number of hydrogen-bond donors (Lipinski definition) is 2. The molecule has 1 aromatic rings. The van der Waals surface area contributed by atoms with Gasteiger partial charge in [-0.25, -0.2) is 14.6 Å². The van der Waals surface area contributed by atoms with Crippen molar-refractivity contribution >= 4 is 29.2 Å². The molecule has 1 heterocycles. The van der Waals surface area contributed by atoms with E-state index in [-0.39, 0.29) is 5.92 Å². The molecule has 0 radical (unpaired) electrons. The second-order valence-corrected chi connectivity index (χ2v) is 5.77. The molecule has 7 nitrogen and oxygen atoms in total. The van der Waals surface area contributed by atoms with Crippen molar-refractivity contribution in [2.75, 3.05) is 0 Å². The van der Waals surface area contributed by atoms with E-state index in [4.69, 9.17) is 10.5 Å². The van der Waals surface area contributed by atoms with Gasteiger partial charge in [-0.15, -0.1) is 11.3 Å². The Morgan fingerprint density at radius 1 is 1.30 bits per heavy atom. The molecule has 8 heteroatoms. The third-order valence-corrected chi connectivity index (χ3v) is 3.49. The Balaban J connectivity index is 2.86. The highest BCUT2D eigenvalue weighted by molar-refractivity contribution is 7.13. The van der Waals surface area contributed by atoms with Crippen molar-refractivity contribution in [1.29, 1.82) is 0 Å². The predicted octanol–water partition coefficient (Wildman–Crippen LogP) is 1.14. The summed E-state index contributed by atoms with van der Waals surface area (Å²) in [4.78, 5) is 38.9. The minimum Gasteiger partial charge on any atom is -0.448 e. The van der Waals surface area contributed by atoms with E-state index in [0.717, 1.165) is 5.01 Å². The van der Waals surface area contributed by atoms with Crippen LogP contribution in [0, 0.1) is 19.8 Å². The number of aryl methyl sites for hydroxylation is 2. The molecule has 0 saturated carbocycles. The first-order chi connectivity index (χ1) is 9.22. The van der Waals surface area contributed by atoms with Gasteiger partial charge in [-0.2, -0.15) is 0 Å². The molecule has 3 amide bonds. The van der Waals surface area contributed by atoms with Crippen LogP contribution >= 0.6 is 11.3 Å². The molecule has 0 fully saturated rings. The van der Waals surface area contributed by atoms with Gasteiger partial charge in [0.1, 0.15) is 4.88 Å². The molecule has 0 aromatic carbocycles. The number of thiazole rings is 1. The topological polar surface area (TPSA) is 111 Å². The maximum Gasteiger partial charge on any atom is 0.351 e. The van der Waals surface area contributed by atoms with E-state index in [1.165, 1.54) is 11.3 Å². The molecule has 0 saturated heterocycles. The molecule has 0 bridgehead atoms. The van der Waals surface area contributed by atoms with Crippen LogP contribution in [-0.2, 0) is 9.53 Å². The number of nitrogens with one attached hydrogen (secondary N) is 1. The normalized spacial score (nSPS) is 12.1. The number of nitrogens with two attached hydrogens (primary N) is 1. The molecule has 3 N–H and O–H groups in total. The van der Waals surface area contributed by atoms with Crippen molar-refractivity contribution < 1.29 is 19.1 Å². The number of hydrogen-bond acceptors (Lipinski definition) is 6. The fourth-order valence-corrected chi connectivity index (χ4v) is 2.38. The number of ether oxygens (including phenoxy) is 1. The van der Waals surface area contributed by atoms with Gasteiger partial charge in [-0.05, 0) is 19.8 Å². The molecule has 110 valence electrons. The molecule has 1 atom stereocenters. The van der Waals surface area contributed by atoms with Crippen molar-refractivity contribution in [1.82, 2.24) is 10.3 Å². The molecular formula is C12H17N3O4S. The van der Waals surface area contributed by atoms with Gasteiger partial charge in [-0.1, -0.05) is 13.8 Å². The summed E-state index contributed by atoms with van der Waals surface area (Å²) < 4.78 is 5.17. The summed E-state index contributed by atoms with van der Waals surface area (Å²) in [6.07, 6.45) is -1.09. The lowest BCUT2D eigenvalue weighted by Crippen LogP contribution is -2.45. The van der Waals surface area contributed by atoms with Gasteiger partial charge in [0.2, 0.25) is 0 Å². The van der Waals surface area contributed by atoms with E-state index < -0.39 is 24.0 Å². The predicted molar refractivity (Wildman–Crippen MR) is 73.4 cm³/mol. The van der Waals surface area contributed by atoms with E-state index in [9.17, 15) is 14.4 Å². The number of esters is 1. The van der Waals surface area contributed by atoms with Gasteiger partial charge in [-0.3, -0.25) is 10.1 Å². The Bertz CT molecular complexity index is 539. The van der Waals surface area contributed by atoms with Crippen molar-refractivity contribution in [2.45, 2.75) is 33.8 Å². The van der Waals surface area contributed by atoms with E-state index in [1.807, 2.05) is 5.32 Å². The minimum absolute atomic E-state index is 0.298. The van der Waals surface area contributed by atoms with Gasteiger partial charge in [0.15, 0.2) is 6.10 Å². The first-order valence-electron chi connectivity index (χ1n) is 5.97. The second kappa shape index (κ2) is 6.47. The number of imide groups is 1. The molecule has 0 aliphatic carbocycles. The van der Waals surface area contributed by atoms with E-state index >= 15 is 0 Å². The summed E-state index contributed by atoms with van der Waals surface area (Å²) in [7, 11) is 0. The average molecular weight is 299 g/mol. The van der Waals surface area contributed by atoms with E-state index in [0.29, 0.717) is 10.6 Å². The molecule has 1 aromatic heterocycles. The number of rotatable bonds is 4. The summed E-state index contributed by atoms with van der Waals surface area (Å²) >= 11 is 1.19. The Morgan fingerprint density at radius 3 is 2.30 bits per heavy atom. The lowest BCUT2D eigenvalue weighted by molar-refractivity contribution is -0.130. The Morgan fingerprint density at radius 2 is 1.90 bits per heavy atom. The van der Waals surface area contributed by atoms with Crippen LogP contribution in [0.3, 0.4) is 0 Å². The average Bonchev–Trinajstić information content (AvgIpc) is 2.63. The highest BCUT2D eigenvalue weighted by Gasteiger charge is 2.29. The van der Waals surface area contributed by atoms with Crippen LogP contribution in [0.25, 0.3) is 0 Å². The van der Waals surface area contributed by atoms with E-state index in [1.54, 1.807) is 27.7 Å². The highest BCUT2D eigenvalue weighted by atomic mass is 32.1. The number of carbonyl (C=O) groups excluding carboxylic acids is 3. The highest BCUT2D eigenvalue weighted by Crippen LogP contribution is 2.20. The van der Waals surface area contributed by atoms with Gasteiger partial charge >= 0.3 is 12.0 Å². The van der Waals surface area contributed by atoms with Crippen LogP contribution in [-0.4, -0.2) is 29.0 Å². The summed E-state index contributed by atoms with van der Waals surface area (Å²) in [6, 6.07) is -0.985. The molecule has 0 spiro atoms. The number of nitrogens with zero attached hydrogens (tertiary/aromatic N) is 1. The zero-order valence-electron chi connectivity index (χ0n) is 11.7.